The first-order valence-electron chi connectivity index (χ1n) is 8.37. The quantitative estimate of drug-likeness (QED) is 0.534. The summed E-state index contributed by atoms with van der Waals surface area (Å²) >= 11 is 0. The summed E-state index contributed by atoms with van der Waals surface area (Å²) < 4.78 is 4.68. The second kappa shape index (κ2) is 8.84. The maximum Gasteiger partial charge on any atom is 0.333 e. The summed E-state index contributed by atoms with van der Waals surface area (Å²) in [6, 6.07) is 4.60. The zero-order valence-corrected chi connectivity index (χ0v) is 15.1. The van der Waals surface area contributed by atoms with Gasteiger partial charge < -0.3 is 15.0 Å². The molecule has 0 saturated carbocycles. The summed E-state index contributed by atoms with van der Waals surface area (Å²) in [6.07, 6.45) is 0. The number of amides is 3. The number of urea groups is 1. The lowest BCUT2D eigenvalue weighted by Crippen LogP contribution is -2.48. The molecule has 1 heterocycles. The number of hydrogen-bond donors (Lipinski definition) is 3. The normalized spacial score (nSPS) is 12.6. The van der Waals surface area contributed by atoms with Crippen LogP contribution in [0.3, 0.4) is 0 Å². The van der Waals surface area contributed by atoms with Crippen molar-refractivity contribution in [3.63, 3.8) is 0 Å². The van der Waals surface area contributed by atoms with Crippen LogP contribution in [-0.4, -0.2) is 43.4 Å². The first-order chi connectivity index (χ1) is 12.5. The molecule has 9 heteroatoms. The van der Waals surface area contributed by atoms with Gasteiger partial charge in [-0.15, -0.1) is 0 Å². The van der Waals surface area contributed by atoms with E-state index in [4.69, 9.17) is 0 Å². The summed E-state index contributed by atoms with van der Waals surface area (Å²) in [5.41, 5.74) is 6.85. The zero-order chi connectivity index (χ0) is 19.1. The van der Waals surface area contributed by atoms with E-state index in [2.05, 4.69) is 30.8 Å². The smallest absolute Gasteiger partial charge is 0.333 e. The topological polar surface area (TPSA) is 112 Å². The molecule has 140 valence electrons. The van der Waals surface area contributed by atoms with Gasteiger partial charge in [-0.1, -0.05) is 0 Å². The molecule has 1 aromatic carbocycles. The van der Waals surface area contributed by atoms with E-state index in [1.165, 1.54) is 0 Å². The van der Waals surface area contributed by atoms with Crippen LogP contribution in [0.4, 0.5) is 10.5 Å². The van der Waals surface area contributed by atoms with E-state index in [0.717, 1.165) is 23.6 Å². The maximum absolute atomic E-state index is 12.2. The minimum atomic E-state index is -0.707. The lowest BCUT2D eigenvalue weighted by molar-refractivity contribution is -0.141. The Labute approximate surface area is 151 Å². The number of hydrogen-bond acceptors (Lipinski definition) is 6. The van der Waals surface area contributed by atoms with Crippen LogP contribution in [0.1, 0.15) is 36.7 Å². The first-order valence-corrected chi connectivity index (χ1v) is 8.37. The summed E-state index contributed by atoms with van der Waals surface area (Å²) in [5.74, 6) is -0.0782. The molecule has 0 unspecified atom stereocenters. The molecule has 0 bridgehead atoms. The third kappa shape index (κ3) is 4.71. The second-order valence-corrected chi connectivity index (χ2v) is 5.52. The molecule has 2 rings (SSSR count). The van der Waals surface area contributed by atoms with Gasteiger partial charge in [0.1, 0.15) is 12.4 Å². The van der Waals surface area contributed by atoms with Crippen LogP contribution in [0.2, 0.25) is 0 Å². The fourth-order valence-electron chi connectivity index (χ4n) is 2.57. The Morgan fingerprint density at radius 2 is 2.00 bits per heavy atom. The highest BCUT2D eigenvalue weighted by molar-refractivity contribution is 6.00. The van der Waals surface area contributed by atoms with Gasteiger partial charge >= 0.3 is 12.0 Å². The third-order valence-corrected chi connectivity index (χ3v) is 3.81. The molecule has 3 amide bonds. The van der Waals surface area contributed by atoms with Gasteiger partial charge in [0.05, 0.1) is 13.2 Å². The van der Waals surface area contributed by atoms with E-state index in [9.17, 15) is 14.4 Å². The maximum atomic E-state index is 12.2. The second-order valence-electron chi connectivity index (χ2n) is 5.52. The van der Waals surface area contributed by atoms with Gasteiger partial charge in [0, 0.05) is 17.8 Å². The Balaban J connectivity index is 1.91. The Morgan fingerprint density at radius 1 is 1.23 bits per heavy atom. The highest BCUT2D eigenvalue weighted by Crippen LogP contribution is 2.26. The highest BCUT2D eigenvalue weighted by Gasteiger charge is 2.19. The van der Waals surface area contributed by atoms with Gasteiger partial charge in [-0.25, -0.2) is 10.2 Å². The first kappa shape index (κ1) is 19.2. The van der Waals surface area contributed by atoms with Crippen molar-refractivity contribution in [2.24, 2.45) is 4.99 Å². The average molecular weight is 361 g/mol. The van der Waals surface area contributed by atoms with Gasteiger partial charge in [0.25, 0.3) is 5.91 Å². The largest absolute Gasteiger partial charge is 0.465 e. The van der Waals surface area contributed by atoms with Crippen LogP contribution in [0.25, 0.3) is 0 Å². The van der Waals surface area contributed by atoms with E-state index < -0.39 is 17.9 Å². The molecular formula is C17H23N5O4. The number of carbonyl (C=O) groups excluding carboxylic acids is 3. The number of anilines is 1. The third-order valence-electron chi connectivity index (χ3n) is 3.81. The van der Waals surface area contributed by atoms with Crippen LogP contribution < -0.4 is 21.1 Å². The van der Waals surface area contributed by atoms with Crippen LogP contribution in [0, 0.1) is 0 Å². The molecule has 0 saturated heterocycles. The molecule has 0 radical (unpaired) electrons. The molecule has 0 spiro atoms. The number of nitrogens with one attached hydrogen (secondary N) is 3. The van der Waals surface area contributed by atoms with Crippen molar-refractivity contribution < 1.29 is 19.1 Å². The molecule has 26 heavy (non-hydrogen) atoms. The summed E-state index contributed by atoms with van der Waals surface area (Å²) in [5, 5.41) is 2.28. The van der Waals surface area contributed by atoms with E-state index >= 15 is 0 Å². The Kier molecular flexibility index (Phi) is 6.54. The molecule has 1 aromatic rings. The minimum absolute atomic E-state index is 0.232. The van der Waals surface area contributed by atoms with E-state index in [1.807, 2.05) is 19.9 Å². The van der Waals surface area contributed by atoms with Gasteiger partial charge in [-0.3, -0.25) is 20.0 Å². The Bertz CT molecular complexity index is 732. The number of esters is 1. The Hall–Kier alpha value is -3.10. The van der Waals surface area contributed by atoms with Gasteiger partial charge in [-0.2, -0.15) is 0 Å². The number of rotatable bonds is 5. The Morgan fingerprint density at radius 3 is 2.69 bits per heavy atom. The number of nitrogens with zero attached hydrogens (tertiary/aromatic N) is 2. The van der Waals surface area contributed by atoms with Crippen molar-refractivity contribution in [2.75, 3.05) is 24.6 Å². The number of carbonyl (C=O) groups is 3. The standard InChI is InChI=1S/C17H23N5O4/c1-4-22-11(3)18-9-13-8-12(6-7-14(13)22)16(24)20-21-17(25)19-10-15(23)26-5-2/h6-8H,4-5,9-10H2,1-3H3,(H,20,24)(H2,19,21,25). The van der Waals surface area contributed by atoms with E-state index in [-0.39, 0.29) is 13.2 Å². The number of amidine groups is 1. The van der Waals surface area contributed by atoms with Crippen LogP contribution in [0.15, 0.2) is 23.2 Å². The number of aliphatic imine (C=N–C) groups is 1. The molecule has 0 aliphatic carbocycles. The molecule has 1 aliphatic heterocycles. The predicted molar refractivity (Wildman–Crippen MR) is 96.9 cm³/mol. The van der Waals surface area contributed by atoms with Crippen LogP contribution >= 0.6 is 0 Å². The average Bonchev–Trinajstić information content (AvgIpc) is 2.64. The van der Waals surface area contributed by atoms with Gasteiger partial charge in [-0.05, 0) is 44.5 Å². The number of fused-ring (bicyclic) bond motifs is 1. The summed E-state index contributed by atoms with van der Waals surface area (Å²) in [7, 11) is 0. The molecule has 9 nitrogen and oxygen atoms in total. The van der Waals surface area contributed by atoms with E-state index in [0.29, 0.717) is 12.1 Å². The monoisotopic (exact) mass is 361 g/mol. The van der Waals surface area contributed by atoms with E-state index in [1.54, 1.807) is 19.1 Å². The molecule has 0 aromatic heterocycles. The summed E-state index contributed by atoms with van der Waals surface area (Å²) in [4.78, 5) is 41.4. The molecular weight excluding hydrogens is 338 g/mol. The minimum Gasteiger partial charge on any atom is -0.465 e. The van der Waals surface area contributed by atoms with Gasteiger partial charge in [0.15, 0.2) is 0 Å². The van der Waals surface area contributed by atoms with Crippen molar-refractivity contribution in [2.45, 2.75) is 27.3 Å². The molecule has 3 N–H and O–H groups in total. The lowest BCUT2D eigenvalue weighted by Gasteiger charge is -2.29. The van der Waals surface area contributed by atoms with Crippen LogP contribution in [-0.2, 0) is 16.1 Å². The van der Waals surface area contributed by atoms with Gasteiger partial charge in [0.2, 0.25) is 0 Å². The highest BCUT2D eigenvalue weighted by atomic mass is 16.5. The predicted octanol–water partition coefficient (Wildman–Crippen LogP) is 0.952. The fourth-order valence-corrected chi connectivity index (χ4v) is 2.57. The van der Waals surface area contributed by atoms with Crippen molar-refractivity contribution in [1.29, 1.82) is 0 Å². The number of benzene rings is 1. The van der Waals surface area contributed by atoms with Crippen LogP contribution in [0.5, 0.6) is 0 Å². The number of ether oxygens (including phenoxy) is 1. The van der Waals surface area contributed by atoms with Crippen molar-refractivity contribution in [3.8, 4) is 0 Å². The fraction of sp³-hybridized carbons (Fsp3) is 0.412. The lowest BCUT2D eigenvalue weighted by atomic mass is 10.1. The molecule has 0 fully saturated rings. The van der Waals surface area contributed by atoms with Crippen molar-refractivity contribution >= 4 is 29.4 Å². The van der Waals surface area contributed by atoms with Crippen molar-refractivity contribution in [3.05, 3.63) is 29.3 Å². The van der Waals surface area contributed by atoms with Crippen molar-refractivity contribution in [1.82, 2.24) is 16.2 Å². The SMILES string of the molecule is CCOC(=O)CNC(=O)NNC(=O)c1ccc2c(c1)CN=C(C)N2CC. The molecule has 1 aliphatic rings. The zero-order valence-electron chi connectivity index (χ0n) is 15.1. The summed E-state index contributed by atoms with van der Waals surface area (Å²) in [6.45, 7) is 6.90. The molecule has 0 atom stereocenters. The number of hydrazine groups is 1.